The molecule has 1 atom stereocenters. The Kier molecular flexibility index (Phi) is 3.65. The number of benzene rings is 1. The molecule has 0 aliphatic rings. The van der Waals surface area contributed by atoms with Crippen LogP contribution in [-0.2, 0) is 4.79 Å². The molecular formula is C11H16N2O. The first kappa shape index (κ1) is 10.7. The molecule has 3 nitrogen and oxygen atoms in total. The van der Waals surface area contributed by atoms with Crippen molar-refractivity contribution in [3.8, 4) is 0 Å². The maximum Gasteiger partial charge on any atom is 0.241 e. The van der Waals surface area contributed by atoms with Gasteiger partial charge in [0.15, 0.2) is 0 Å². The van der Waals surface area contributed by atoms with Gasteiger partial charge in [0.25, 0.3) is 0 Å². The summed E-state index contributed by atoms with van der Waals surface area (Å²) < 4.78 is 0. The second-order valence-electron chi connectivity index (χ2n) is 3.25. The van der Waals surface area contributed by atoms with E-state index >= 15 is 0 Å². The van der Waals surface area contributed by atoms with Gasteiger partial charge in [-0.3, -0.25) is 4.79 Å². The molecule has 0 aromatic heterocycles. The second kappa shape index (κ2) is 4.77. The van der Waals surface area contributed by atoms with Gasteiger partial charge in [-0.1, -0.05) is 29.8 Å². The summed E-state index contributed by atoms with van der Waals surface area (Å²) in [6.07, 6.45) is 0. The molecule has 2 N–H and O–H groups in total. The van der Waals surface area contributed by atoms with Crippen molar-refractivity contribution >= 4 is 5.91 Å². The quantitative estimate of drug-likeness (QED) is 0.750. The third-order valence-corrected chi connectivity index (χ3v) is 2.21. The van der Waals surface area contributed by atoms with E-state index in [-0.39, 0.29) is 11.9 Å². The van der Waals surface area contributed by atoms with Gasteiger partial charge in [0.2, 0.25) is 5.91 Å². The summed E-state index contributed by atoms with van der Waals surface area (Å²) in [5, 5.41) is 5.60. The van der Waals surface area contributed by atoms with Gasteiger partial charge in [-0.2, -0.15) is 0 Å². The first-order chi connectivity index (χ1) is 6.69. The monoisotopic (exact) mass is 192 g/mol. The van der Waals surface area contributed by atoms with Crippen molar-refractivity contribution in [3.63, 3.8) is 0 Å². The van der Waals surface area contributed by atoms with Gasteiger partial charge in [0.1, 0.15) is 6.04 Å². The molecule has 0 spiro atoms. The number of rotatable bonds is 3. The molecule has 1 aromatic rings. The van der Waals surface area contributed by atoms with E-state index in [0.29, 0.717) is 0 Å². The van der Waals surface area contributed by atoms with E-state index in [4.69, 9.17) is 0 Å². The minimum Gasteiger partial charge on any atom is -0.358 e. The van der Waals surface area contributed by atoms with Crippen LogP contribution >= 0.6 is 0 Å². The molecule has 0 unspecified atom stereocenters. The van der Waals surface area contributed by atoms with Gasteiger partial charge in [0.05, 0.1) is 0 Å². The van der Waals surface area contributed by atoms with Crippen molar-refractivity contribution in [2.75, 3.05) is 14.1 Å². The lowest BCUT2D eigenvalue weighted by Crippen LogP contribution is -2.33. The van der Waals surface area contributed by atoms with Crippen LogP contribution in [0.2, 0.25) is 0 Å². The van der Waals surface area contributed by atoms with Crippen molar-refractivity contribution in [1.29, 1.82) is 0 Å². The van der Waals surface area contributed by atoms with Gasteiger partial charge >= 0.3 is 0 Å². The number of hydrogen-bond donors (Lipinski definition) is 2. The van der Waals surface area contributed by atoms with E-state index in [1.807, 2.05) is 31.2 Å². The number of likely N-dealkylation sites (N-methyl/N-ethyl adjacent to an activating group) is 2. The molecule has 0 radical (unpaired) electrons. The van der Waals surface area contributed by atoms with Gasteiger partial charge in [0, 0.05) is 7.05 Å². The predicted octanol–water partition coefficient (Wildman–Crippen LogP) is 1.00. The number of carbonyl (C=O) groups is 1. The summed E-state index contributed by atoms with van der Waals surface area (Å²) in [5.74, 6) is -0.0173. The fourth-order valence-electron chi connectivity index (χ4n) is 1.35. The summed E-state index contributed by atoms with van der Waals surface area (Å²) >= 11 is 0. The molecule has 14 heavy (non-hydrogen) atoms. The molecule has 76 valence electrons. The van der Waals surface area contributed by atoms with E-state index in [9.17, 15) is 4.79 Å². The summed E-state index contributed by atoms with van der Waals surface area (Å²) in [4.78, 5) is 11.5. The Morgan fingerprint density at radius 2 is 1.79 bits per heavy atom. The number of carbonyl (C=O) groups excluding carboxylic acids is 1. The lowest BCUT2D eigenvalue weighted by Gasteiger charge is -2.14. The molecule has 0 aliphatic heterocycles. The van der Waals surface area contributed by atoms with Crippen LogP contribution in [0.4, 0.5) is 0 Å². The Morgan fingerprint density at radius 3 is 2.21 bits per heavy atom. The zero-order chi connectivity index (χ0) is 10.6. The minimum absolute atomic E-state index is 0.0173. The fraction of sp³-hybridized carbons (Fsp3) is 0.364. The van der Waals surface area contributed by atoms with Gasteiger partial charge < -0.3 is 10.6 Å². The molecule has 0 fully saturated rings. The Bertz CT molecular complexity index is 306. The first-order valence-corrected chi connectivity index (χ1v) is 4.64. The lowest BCUT2D eigenvalue weighted by molar-refractivity contribution is -0.122. The highest BCUT2D eigenvalue weighted by Gasteiger charge is 2.16. The van der Waals surface area contributed by atoms with Gasteiger partial charge in [-0.15, -0.1) is 0 Å². The van der Waals surface area contributed by atoms with Crippen molar-refractivity contribution in [3.05, 3.63) is 35.4 Å². The van der Waals surface area contributed by atoms with E-state index in [1.54, 1.807) is 14.1 Å². The lowest BCUT2D eigenvalue weighted by atomic mass is 10.0. The van der Waals surface area contributed by atoms with Crippen LogP contribution in [0.1, 0.15) is 17.2 Å². The maximum absolute atomic E-state index is 11.5. The third kappa shape index (κ3) is 2.33. The minimum atomic E-state index is -0.263. The Balaban J connectivity index is 2.89. The Hall–Kier alpha value is -1.35. The summed E-state index contributed by atoms with van der Waals surface area (Å²) in [6.45, 7) is 2.03. The number of hydrogen-bond acceptors (Lipinski definition) is 2. The van der Waals surface area contributed by atoms with Gasteiger partial charge in [-0.25, -0.2) is 0 Å². The molecule has 0 bridgehead atoms. The van der Waals surface area contributed by atoms with Crippen LogP contribution in [0, 0.1) is 6.92 Å². The van der Waals surface area contributed by atoms with Crippen LogP contribution in [0.3, 0.4) is 0 Å². The Labute approximate surface area is 84.5 Å². The predicted molar refractivity (Wildman–Crippen MR) is 57.0 cm³/mol. The third-order valence-electron chi connectivity index (χ3n) is 2.21. The molecule has 1 aromatic carbocycles. The number of aryl methyl sites for hydroxylation is 1. The van der Waals surface area contributed by atoms with Crippen LogP contribution in [-0.4, -0.2) is 20.0 Å². The highest BCUT2D eigenvalue weighted by molar-refractivity contribution is 5.82. The average molecular weight is 192 g/mol. The summed E-state index contributed by atoms with van der Waals surface area (Å²) in [5.41, 5.74) is 2.18. The molecular weight excluding hydrogens is 176 g/mol. The standard InChI is InChI=1S/C11H16N2O/c1-8-4-6-9(7-5-8)10(12-2)11(14)13-3/h4-7,10,12H,1-3H3,(H,13,14)/t10-/m1/s1. The van der Waals surface area contributed by atoms with E-state index in [1.165, 1.54) is 5.56 Å². The molecule has 1 amide bonds. The average Bonchev–Trinajstić information content (AvgIpc) is 2.21. The van der Waals surface area contributed by atoms with E-state index in [0.717, 1.165) is 5.56 Å². The van der Waals surface area contributed by atoms with Crippen LogP contribution in [0.5, 0.6) is 0 Å². The van der Waals surface area contributed by atoms with Crippen molar-refractivity contribution < 1.29 is 4.79 Å². The SMILES string of the molecule is CNC(=O)[C@H](NC)c1ccc(C)cc1. The molecule has 0 heterocycles. The molecule has 3 heteroatoms. The number of amides is 1. The zero-order valence-electron chi connectivity index (χ0n) is 8.79. The maximum atomic E-state index is 11.5. The first-order valence-electron chi connectivity index (χ1n) is 4.64. The van der Waals surface area contributed by atoms with Gasteiger partial charge in [-0.05, 0) is 19.5 Å². The topological polar surface area (TPSA) is 41.1 Å². The van der Waals surface area contributed by atoms with Crippen molar-refractivity contribution in [2.24, 2.45) is 0 Å². The van der Waals surface area contributed by atoms with E-state index < -0.39 is 0 Å². The smallest absolute Gasteiger partial charge is 0.241 e. The van der Waals surface area contributed by atoms with Crippen LogP contribution in [0.25, 0.3) is 0 Å². The second-order valence-corrected chi connectivity index (χ2v) is 3.25. The molecule has 0 saturated carbocycles. The van der Waals surface area contributed by atoms with Crippen molar-refractivity contribution in [2.45, 2.75) is 13.0 Å². The molecule has 1 rings (SSSR count). The summed E-state index contributed by atoms with van der Waals surface area (Å²) in [6, 6.07) is 7.67. The van der Waals surface area contributed by atoms with Crippen molar-refractivity contribution in [1.82, 2.24) is 10.6 Å². The molecule has 0 aliphatic carbocycles. The van der Waals surface area contributed by atoms with E-state index in [2.05, 4.69) is 10.6 Å². The summed E-state index contributed by atoms with van der Waals surface area (Å²) in [7, 11) is 3.42. The largest absolute Gasteiger partial charge is 0.358 e. The fourth-order valence-corrected chi connectivity index (χ4v) is 1.35. The highest BCUT2D eigenvalue weighted by atomic mass is 16.2. The normalized spacial score (nSPS) is 12.2. The van der Waals surface area contributed by atoms with Crippen LogP contribution in [0.15, 0.2) is 24.3 Å². The number of nitrogens with one attached hydrogen (secondary N) is 2. The molecule has 0 saturated heterocycles. The Morgan fingerprint density at radius 1 is 1.21 bits per heavy atom. The highest BCUT2D eigenvalue weighted by Crippen LogP contribution is 2.13. The van der Waals surface area contributed by atoms with Crippen LogP contribution < -0.4 is 10.6 Å². The zero-order valence-corrected chi connectivity index (χ0v) is 8.79.